The van der Waals surface area contributed by atoms with Crippen LogP contribution in [0.5, 0.6) is 0 Å². The van der Waals surface area contributed by atoms with Crippen LogP contribution in [0.3, 0.4) is 0 Å². The number of hydrogen-bond donors (Lipinski definition) is 1. The minimum absolute atomic E-state index is 0.764. The van der Waals surface area contributed by atoms with E-state index in [9.17, 15) is 0 Å². The molecule has 110 valence electrons. The summed E-state index contributed by atoms with van der Waals surface area (Å²) in [5.41, 5.74) is 4.55. The molecule has 1 aliphatic carbocycles. The molecule has 21 heavy (non-hydrogen) atoms. The summed E-state index contributed by atoms with van der Waals surface area (Å²) >= 11 is 6.23. The van der Waals surface area contributed by atoms with Crippen LogP contribution in [0.1, 0.15) is 36.6 Å². The van der Waals surface area contributed by atoms with Crippen molar-refractivity contribution in [2.24, 2.45) is 0 Å². The van der Waals surface area contributed by atoms with E-state index in [1.807, 2.05) is 25.1 Å². The zero-order valence-corrected chi connectivity index (χ0v) is 13.3. The molecule has 0 amide bonds. The lowest BCUT2D eigenvalue weighted by Gasteiger charge is -2.12. The van der Waals surface area contributed by atoms with Gasteiger partial charge in [-0.25, -0.2) is 9.97 Å². The van der Waals surface area contributed by atoms with Crippen LogP contribution in [-0.2, 0) is 12.8 Å². The van der Waals surface area contributed by atoms with Gasteiger partial charge in [-0.05, 0) is 44.2 Å². The minimum Gasteiger partial charge on any atom is -0.370 e. The fourth-order valence-corrected chi connectivity index (χ4v) is 2.86. The summed E-state index contributed by atoms with van der Waals surface area (Å²) in [5.74, 6) is 1.78. The smallest absolute Gasteiger partial charge is 0.161 e. The Bertz CT molecular complexity index is 667. The molecule has 0 aliphatic heterocycles. The number of aryl methyl sites for hydroxylation is 2. The zero-order valence-electron chi connectivity index (χ0n) is 12.5. The number of halogens is 1. The molecule has 3 rings (SSSR count). The molecule has 0 spiro atoms. The summed E-state index contributed by atoms with van der Waals surface area (Å²) in [6.07, 6.45) is 4.38. The van der Waals surface area contributed by atoms with Gasteiger partial charge in [-0.2, -0.15) is 0 Å². The largest absolute Gasteiger partial charge is 0.370 e. The summed E-state index contributed by atoms with van der Waals surface area (Å²) in [5, 5.41) is 4.21. The molecule has 1 N–H and O–H groups in total. The van der Waals surface area contributed by atoms with Crippen LogP contribution in [0.25, 0.3) is 11.4 Å². The van der Waals surface area contributed by atoms with E-state index in [0.29, 0.717) is 0 Å². The highest BCUT2D eigenvalue weighted by molar-refractivity contribution is 6.31. The summed E-state index contributed by atoms with van der Waals surface area (Å²) in [6.45, 7) is 5.11. The fraction of sp³-hybridized carbons (Fsp3) is 0.412. The van der Waals surface area contributed by atoms with Gasteiger partial charge in [-0.3, -0.25) is 0 Å². The molecule has 2 aromatic rings. The number of nitrogens with one attached hydrogen (secondary N) is 1. The maximum atomic E-state index is 6.23. The standard InChI is InChI=1S/C17H20ClN3/c1-3-9-19-17-13-5-4-6-15(13)20-16(21-17)12-8-7-11(2)14(18)10-12/h7-8,10H,3-6,9H2,1-2H3,(H,19,20,21). The Labute approximate surface area is 130 Å². The molecule has 0 bridgehead atoms. The molecule has 1 aromatic heterocycles. The van der Waals surface area contributed by atoms with Crippen molar-refractivity contribution in [1.29, 1.82) is 0 Å². The lowest BCUT2D eigenvalue weighted by Crippen LogP contribution is -2.08. The van der Waals surface area contributed by atoms with E-state index >= 15 is 0 Å². The Morgan fingerprint density at radius 3 is 2.86 bits per heavy atom. The molecule has 0 fully saturated rings. The Balaban J connectivity index is 2.04. The van der Waals surface area contributed by atoms with Crippen molar-refractivity contribution < 1.29 is 0 Å². The molecule has 1 aliphatic rings. The average Bonchev–Trinajstić information content (AvgIpc) is 2.96. The molecule has 0 saturated carbocycles. The van der Waals surface area contributed by atoms with Gasteiger partial charge >= 0.3 is 0 Å². The molecule has 1 heterocycles. The number of nitrogens with zero attached hydrogens (tertiary/aromatic N) is 2. The normalized spacial score (nSPS) is 13.3. The second kappa shape index (κ2) is 6.02. The van der Waals surface area contributed by atoms with Gasteiger partial charge in [0.05, 0.1) is 0 Å². The SMILES string of the molecule is CCCNc1nc(-c2ccc(C)c(Cl)c2)nc2c1CCC2. The number of anilines is 1. The highest BCUT2D eigenvalue weighted by Gasteiger charge is 2.19. The van der Waals surface area contributed by atoms with Gasteiger partial charge in [0.15, 0.2) is 5.82 Å². The molecular weight excluding hydrogens is 282 g/mol. The van der Waals surface area contributed by atoms with E-state index in [1.54, 1.807) is 0 Å². The molecule has 1 aromatic carbocycles. The van der Waals surface area contributed by atoms with Gasteiger partial charge < -0.3 is 5.32 Å². The molecule has 0 saturated heterocycles. The Hall–Kier alpha value is -1.61. The third-order valence-electron chi connectivity index (χ3n) is 3.91. The summed E-state index contributed by atoms with van der Waals surface area (Å²) in [7, 11) is 0. The summed E-state index contributed by atoms with van der Waals surface area (Å²) in [6, 6.07) is 6.02. The second-order valence-corrected chi connectivity index (χ2v) is 5.97. The van der Waals surface area contributed by atoms with Crippen molar-refractivity contribution in [3.63, 3.8) is 0 Å². The van der Waals surface area contributed by atoms with Crippen LogP contribution in [-0.4, -0.2) is 16.5 Å². The van der Waals surface area contributed by atoms with Crippen LogP contribution < -0.4 is 5.32 Å². The number of benzene rings is 1. The van der Waals surface area contributed by atoms with Gasteiger partial charge in [-0.15, -0.1) is 0 Å². The van der Waals surface area contributed by atoms with E-state index < -0.39 is 0 Å². The number of aromatic nitrogens is 2. The Morgan fingerprint density at radius 1 is 1.24 bits per heavy atom. The van der Waals surface area contributed by atoms with E-state index in [1.165, 1.54) is 17.7 Å². The Morgan fingerprint density at radius 2 is 2.10 bits per heavy atom. The lowest BCUT2D eigenvalue weighted by molar-refractivity contribution is 0.899. The third-order valence-corrected chi connectivity index (χ3v) is 4.31. The predicted octanol–water partition coefficient (Wildman–Crippen LogP) is 4.42. The van der Waals surface area contributed by atoms with Gasteiger partial charge in [0.1, 0.15) is 5.82 Å². The molecule has 4 heteroatoms. The summed E-state index contributed by atoms with van der Waals surface area (Å²) < 4.78 is 0. The van der Waals surface area contributed by atoms with Crippen LogP contribution >= 0.6 is 11.6 Å². The van der Waals surface area contributed by atoms with Crippen molar-refractivity contribution >= 4 is 17.4 Å². The lowest BCUT2D eigenvalue weighted by atomic mass is 10.1. The van der Waals surface area contributed by atoms with Crippen LogP contribution in [0, 0.1) is 6.92 Å². The first-order chi connectivity index (χ1) is 10.2. The molecule has 0 unspecified atom stereocenters. The molecule has 3 nitrogen and oxygen atoms in total. The van der Waals surface area contributed by atoms with Gasteiger partial charge in [-0.1, -0.05) is 30.7 Å². The van der Waals surface area contributed by atoms with Crippen molar-refractivity contribution in [2.45, 2.75) is 39.5 Å². The quantitative estimate of drug-likeness (QED) is 0.908. The Kier molecular flexibility index (Phi) is 4.11. The van der Waals surface area contributed by atoms with Crippen LogP contribution in [0.2, 0.25) is 5.02 Å². The molecule has 0 radical (unpaired) electrons. The average molecular weight is 302 g/mol. The van der Waals surface area contributed by atoms with E-state index in [4.69, 9.17) is 21.6 Å². The summed E-state index contributed by atoms with van der Waals surface area (Å²) in [4.78, 5) is 9.50. The first-order valence-corrected chi connectivity index (χ1v) is 7.97. The van der Waals surface area contributed by atoms with Crippen molar-refractivity contribution in [2.75, 3.05) is 11.9 Å². The topological polar surface area (TPSA) is 37.8 Å². The minimum atomic E-state index is 0.764. The van der Waals surface area contributed by atoms with E-state index in [0.717, 1.165) is 53.6 Å². The van der Waals surface area contributed by atoms with Gasteiger partial charge in [0, 0.05) is 28.4 Å². The first-order valence-electron chi connectivity index (χ1n) is 7.59. The molecular formula is C17H20ClN3. The van der Waals surface area contributed by atoms with Gasteiger partial charge in [0.2, 0.25) is 0 Å². The number of hydrogen-bond acceptors (Lipinski definition) is 3. The molecule has 0 atom stereocenters. The number of fused-ring (bicyclic) bond motifs is 1. The monoisotopic (exact) mass is 301 g/mol. The zero-order chi connectivity index (χ0) is 14.8. The van der Waals surface area contributed by atoms with Crippen LogP contribution in [0.4, 0.5) is 5.82 Å². The fourth-order valence-electron chi connectivity index (χ4n) is 2.68. The van der Waals surface area contributed by atoms with Crippen molar-refractivity contribution in [3.05, 3.63) is 40.0 Å². The number of rotatable bonds is 4. The van der Waals surface area contributed by atoms with Crippen LogP contribution in [0.15, 0.2) is 18.2 Å². The van der Waals surface area contributed by atoms with Crippen molar-refractivity contribution in [3.8, 4) is 11.4 Å². The van der Waals surface area contributed by atoms with Gasteiger partial charge in [0.25, 0.3) is 0 Å². The highest BCUT2D eigenvalue weighted by atomic mass is 35.5. The third kappa shape index (κ3) is 2.88. The first kappa shape index (κ1) is 14.3. The maximum Gasteiger partial charge on any atom is 0.161 e. The highest BCUT2D eigenvalue weighted by Crippen LogP contribution is 2.30. The van der Waals surface area contributed by atoms with E-state index in [2.05, 4.69) is 12.2 Å². The van der Waals surface area contributed by atoms with Crippen molar-refractivity contribution in [1.82, 2.24) is 9.97 Å². The predicted molar refractivity (Wildman–Crippen MR) is 88.0 cm³/mol. The second-order valence-electron chi connectivity index (χ2n) is 5.57. The van der Waals surface area contributed by atoms with E-state index in [-0.39, 0.29) is 0 Å². The maximum absolute atomic E-state index is 6.23.